The molecule has 15 heavy (non-hydrogen) atoms. The van der Waals surface area contributed by atoms with Gasteiger partial charge in [-0.1, -0.05) is 11.6 Å². The Bertz CT molecular complexity index is 410. The number of aromatic carboxylic acids is 1. The molecule has 0 spiro atoms. The van der Waals surface area contributed by atoms with E-state index in [-0.39, 0.29) is 17.0 Å². The topological polar surface area (TPSA) is 57.6 Å². The Balaban J connectivity index is 3.30. The molecule has 0 aliphatic heterocycles. The Morgan fingerprint density at radius 3 is 2.27 bits per heavy atom. The lowest BCUT2D eigenvalue weighted by Crippen LogP contribution is -2.24. The molecule has 0 aromatic heterocycles. The van der Waals surface area contributed by atoms with Crippen molar-refractivity contribution < 1.29 is 14.7 Å². The zero-order valence-corrected chi connectivity index (χ0v) is 8.94. The minimum atomic E-state index is -1.08. The molecule has 0 aliphatic carbocycles. The summed E-state index contributed by atoms with van der Waals surface area (Å²) in [7, 11) is 3.19. The summed E-state index contributed by atoms with van der Waals surface area (Å²) in [5.74, 6) is -1.38. The van der Waals surface area contributed by atoms with E-state index in [1.165, 1.54) is 11.0 Å². The van der Waals surface area contributed by atoms with Crippen LogP contribution in [0.1, 0.15) is 26.3 Å². The molecule has 0 atom stereocenters. The van der Waals surface area contributed by atoms with E-state index in [0.29, 0.717) is 0 Å². The standard InChI is InChI=1S/C11H13NO3/c1-7-4-5-8(11(14)15)9(6-7)10(13)12(2)3/h4-6H,1-3H3,(H,14,15). The summed E-state index contributed by atoms with van der Waals surface area (Å²) in [6.07, 6.45) is 0. The molecule has 0 aliphatic rings. The molecule has 80 valence electrons. The summed E-state index contributed by atoms with van der Waals surface area (Å²) < 4.78 is 0. The number of carbonyl (C=O) groups is 2. The second kappa shape index (κ2) is 4.13. The fourth-order valence-corrected chi connectivity index (χ4v) is 1.26. The summed E-state index contributed by atoms with van der Waals surface area (Å²) in [6.45, 7) is 1.82. The van der Waals surface area contributed by atoms with E-state index in [9.17, 15) is 9.59 Å². The molecule has 0 saturated carbocycles. The van der Waals surface area contributed by atoms with E-state index >= 15 is 0 Å². The zero-order valence-electron chi connectivity index (χ0n) is 8.94. The van der Waals surface area contributed by atoms with Gasteiger partial charge in [-0.2, -0.15) is 0 Å². The van der Waals surface area contributed by atoms with Gasteiger partial charge in [-0.05, 0) is 19.1 Å². The molecule has 4 nitrogen and oxygen atoms in total. The lowest BCUT2D eigenvalue weighted by Gasteiger charge is -2.12. The van der Waals surface area contributed by atoms with E-state index in [0.717, 1.165) is 5.56 Å². The van der Waals surface area contributed by atoms with E-state index in [1.54, 1.807) is 26.2 Å². The van der Waals surface area contributed by atoms with Gasteiger partial charge in [-0.3, -0.25) is 4.79 Å². The Morgan fingerprint density at radius 2 is 1.80 bits per heavy atom. The van der Waals surface area contributed by atoms with Crippen LogP contribution >= 0.6 is 0 Å². The van der Waals surface area contributed by atoms with Gasteiger partial charge in [0, 0.05) is 14.1 Å². The first-order valence-corrected chi connectivity index (χ1v) is 4.49. The highest BCUT2D eigenvalue weighted by atomic mass is 16.4. The van der Waals surface area contributed by atoms with Crippen molar-refractivity contribution in [3.63, 3.8) is 0 Å². The SMILES string of the molecule is Cc1ccc(C(=O)O)c(C(=O)N(C)C)c1. The molecule has 1 aromatic carbocycles. The largest absolute Gasteiger partial charge is 0.478 e. The first-order valence-electron chi connectivity index (χ1n) is 4.49. The lowest BCUT2D eigenvalue weighted by atomic mass is 10.0. The molecule has 1 aromatic rings. The average molecular weight is 207 g/mol. The lowest BCUT2D eigenvalue weighted by molar-refractivity contribution is 0.0685. The van der Waals surface area contributed by atoms with Gasteiger partial charge in [0.05, 0.1) is 11.1 Å². The van der Waals surface area contributed by atoms with Crippen molar-refractivity contribution in [3.05, 3.63) is 34.9 Å². The third-order valence-corrected chi connectivity index (χ3v) is 2.04. The highest BCUT2D eigenvalue weighted by molar-refractivity contribution is 6.04. The third kappa shape index (κ3) is 2.34. The minimum absolute atomic E-state index is 0.0410. The molecule has 0 bridgehead atoms. The van der Waals surface area contributed by atoms with Crippen LogP contribution in [0.2, 0.25) is 0 Å². The quantitative estimate of drug-likeness (QED) is 0.797. The van der Waals surface area contributed by atoms with Crippen LogP contribution in [-0.4, -0.2) is 36.0 Å². The maximum Gasteiger partial charge on any atom is 0.336 e. The number of hydrogen-bond donors (Lipinski definition) is 1. The second-order valence-corrected chi connectivity index (χ2v) is 3.55. The van der Waals surface area contributed by atoms with Gasteiger partial charge >= 0.3 is 5.97 Å². The summed E-state index contributed by atoms with van der Waals surface area (Å²) in [6, 6.07) is 4.72. The summed E-state index contributed by atoms with van der Waals surface area (Å²) in [4.78, 5) is 23.9. The number of carboxylic acids is 1. The number of nitrogens with zero attached hydrogens (tertiary/aromatic N) is 1. The molecule has 0 fully saturated rings. The molecule has 0 radical (unpaired) electrons. The summed E-state index contributed by atoms with van der Waals surface area (Å²) >= 11 is 0. The zero-order chi connectivity index (χ0) is 11.6. The van der Waals surface area contributed by atoms with Crippen molar-refractivity contribution in [3.8, 4) is 0 Å². The summed E-state index contributed by atoms with van der Waals surface area (Å²) in [5.41, 5.74) is 1.14. The average Bonchev–Trinajstić information content (AvgIpc) is 2.15. The molecule has 1 rings (SSSR count). The van der Waals surface area contributed by atoms with Crippen LogP contribution in [0.15, 0.2) is 18.2 Å². The number of amides is 1. The van der Waals surface area contributed by atoms with E-state index < -0.39 is 5.97 Å². The predicted octanol–water partition coefficient (Wildman–Crippen LogP) is 1.40. The number of hydrogen-bond acceptors (Lipinski definition) is 2. The van der Waals surface area contributed by atoms with Crippen LogP contribution in [0.25, 0.3) is 0 Å². The number of carbonyl (C=O) groups excluding carboxylic acids is 1. The van der Waals surface area contributed by atoms with Crippen molar-refractivity contribution in [1.82, 2.24) is 4.90 Å². The molecule has 0 unspecified atom stereocenters. The predicted molar refractivity (Wildman–Crippen MR) is 56.2 cm³/mol. The maximum absolute atomic E-state index is 11.7. The van der Waals surface area contributed by atoms with Crippen LogP contribution in [0, 0.1) is 6.92 Å². The number of benzene rings is 1. The third-order valence-electron chi connectivity index (χ3n) is 2.04. The Morgan fingerprint density at radius 1 is 1.20 bits per heavy atom. The van der Waals surface area contributed by atoms with E-state index in [1.807, 2.05) is 6.92 Å². The van der Waals surface area contributed by atoms with Crippen molar-refractivity contribution >= 4 is 11.9 Å². The fraction of sp³-hybridized carbons (Fsp3) is 0.273. The Hall–Kier alpha value is -1.84. The van der Waals surface area contributed by atoms with Gasteiger partial charge in [0.2, 0.25) is 0 Å². The molecule has 0 heterocycles. The maximum atomic E-state index is 11.7. The van der Waals surface area contributed by atoms with E-state index in [2.05, 4.69) is 0 Å². The first-order chi connectivity index (χ1) is 6.93. The number of aryl methyl sites for hydroxylation is 1. The Kier molecular flexibility index (Phi) is 3.09. The van der Waals surface area contributed by atoms with Crippen LogP contribution in [0.3, 0.4) is 0 Å². The van der Waals surface area contributed by atoms with Gasteiger partial charge in [-0.15, -0.1) is 0 Å². The molecular formula is C11H13NO3. The minimum Gasteiger partial charge on any atom is -0.478 e. The number of rotatable bonds is 2. The molecule has 1 amide bonds. The fourth-order valence-electron chi connectivity index (χ4n) is 1.26. The number of carboxylic acid groups (broad SMARTS) is 1. The van der Waals surface area contributed by atoms with Crippen LogP contribution in [-0.2, 0) is 0 Å². The van der Waals surface area contributed by atoms with Gasteiger partial charge in [-0.25, -0.2) is 4.79 Å². The highest BCUT2D eigenvalue weighted by Gasteiger charge is 2.17. The normalized spacial score (nSPS) is 9.80. The van der Waals surface area contributed by atoms with Crippen molar-refractivity contribution in [2.45, 2.75) is 6.92 Å². The van der Waals surface area contributed by atoms with Gasteiger partial charge in [0.15, 0.2) is 0 Å². The van der Waals surface area contributed by atoms with E-state index in [4.69, 9.17) is 5.11 Å². The van der Waals surface area contributed by atoms with Gasteiger partial charge in [0.25, 0.3) is 5.91 Å². The van der Waals surface area contributed by atoms with Crippen LogP contribution in [0.5, 0.6) is 0 Å². The van der Waals surface area contributed by atoms with Crippen molar-refractivity contribution in [2.24, 2.45) is 0 Å². The van der Waals surface area contributed by atoms with Crippen molar-refractivity contribution in [1.29, 1.82) is 0 Å². The summed E-state index contributed by atoms with van der Waals surface area (Å²) in [5, 5.41) is 8.92. The molecule has 4 heteroatoms. The molecule has 1 N–H and O–H groups in total. The first kappa shape index (κ1) is 11.2. The monoisotopic (exact) mass is 207 g/mol. The Labute approximate surface area is 88.1 Å². The van der Waals surface area contributed by atoms with Gasteiger partial charge in [0.1, 0.15) is 0 Å². The van der Waals surface area contributed by atoms with Crippen LogP contribution in [0.4, 0.5) is 0 Å². The van der Waals surface area contributed by atoms with Crippen LogP contribution < -0.4 is 0 Å². The van der Waals surface area contributed by atoms with Crippen molar-refractivity contribution in [2.75, 3.05) is 14.1 Å². The second-order valence-electron chi connectivity index (χ2n) is 3.55. The smallest absolute Gasteiger partial charge is 0.336 e. The van der Waals surface area contributed by atoms with Gasteiger partial charge < -0.3 is 10.0 Å². The molecular weight excluding hydrogens is 194 g/mol. The highest BCUT2D eigenvalue weighted by Crippen LogP contribution is 2.13. The molecule has 0 saturated heterocycles.